The predicted octanol–water partition coefficient (Wildman–Crippen LogP) is 5.68. The summed E-state index contributed by atoms with van der Waals surface area (Å²) in [4.78, 5) is 28.1. The summed E-state index contributed by atoms with van der Waals surface area (Å²) in [5, 5.41) is 5.51. The summed E-state index contributed by atoms with van der Waals surface area (Å²) in [7, 11) is 0. The highest BCUT2D eigenvalue weighted by Crippen LogP contribution is 2.70. The predicted molar refractivity (Wildman–Crippen MR) is 136 cm³/mol. The number of hydrogen-bond acceptors (Lipinski definition) is 3. The summed E-state index contributed by atoms with van der Waals surface area (Å²) in [5.41, 5.74) is 8.92. The summed E-state index contributed by atoms with van der Waals surface area (Å²) < 4.78 is 1.81. The molecule has 4 fully saturated rings. The first-order valence-electron chi connectivity index (χ1n) is 12.6. The zero-order valence-electron chi connectivity index (χ0n) is 20.4. The Morgan fingerprint density at radius 3 is 2.40 bits per heavy atom. The smallest absolute Gasteiger partial charge is 0.252 e. The van der Waals surface area contributed by atoms with Crippen LogP contribution >= 0.6 is 23.2 Å². The third-order valence-corrected chi connectivity index (χ3v) is 9.78. The van der Waals surface area contributed by atoms with Gasteiger partial charge in [0.15, 0.2) is 0 Å². The molecule has 5 aliphatic rings. The van der Waals surface area contributed by atoms with Crippen LogP contribution in [0.4, 0.5) is 0 Å². The van der Waals surface area contributed by atoms with Crippen molar-refractivity contribution < 1.29 is 9.59 Å². The van der Waals surface area contributed by atoms with Gasteiger partial charge < -0.3 is 10.6 Å². The number of benzene rings is 1. The van der Waals surface area contributed by atoms with Crippen molar-refractivity contribution in [2.75, 3.05) is 6.54 Å². The van der Waals surface area contributed by atoms with E-state index in [1.807, 2.05) is 9.58 Å². The molecular formula is C27H32Cl2N4O2. The molecule has 4 aliphatic carbocycles. The van der Waals surface area contributed by atoms with Gasteiger partial charge in [-0.15, -0.1) is 0 Å². The van der Waals surface area contributed by atoms with Crippen LogP contribution in [-0.2, 0) is 17.9 Å². The molecule has 1 aromatic carbocycles. The van der Waals surface area contributed by atoms with Gasteiger partial charge in [0, 0.05) is 18.5 Å². The Morgan fingerprint density at radius 1 is 1.06 bits per heavy atom. The normalized spacial score (nSPS) is 33.1. The van der Waals surface area contributed by atoms with Crippen molar-refractivity contribution in [3.63, 3.8) is 0 Å². The number of halogens is 2. The molecule has 4 saturated carbocycles. The van der Waals surface area contributed by atoms with Crippen LogP contribution in [0.15, 0.2) is 18.2 Å². The maximum Gasteiger partial charge on any atom is 0.252 e. The van der Waals surface area contributed by atoms with Gasteiger partial charge in [-0.2, -0.15) is 5.10 Å². The van der Waals surface area contributed by atoms with E-state index in [0.717, 1.165) is 18.8 Å². The highest BCUT2D eigenvalue weighted by molar-refractivity contribution is 6.42. The number of nitrogens with two attached hydrogens (primary N) is 1. The molecule has 2 atom stereocenters. The van der Waals surface area contributed by atoms with Crippen LogP contribution in [-0.4, -0.2) is 33.0 Å². The van der Waals surface area contributed by atoms with Crippen molar-refractivity contribution in [3.8, 4) is 11.3 Å². The molecule has 7 rings (SSSR count). The highest BCUT2D eigenvalue weighted by Gasteiger charge is 2.60. The van der Waals surface area contributed by atoms with E-state index in [2.05, 4.69) is 18.9 Å². The molecule has 2 heterocycles. The first-order valence-corrected chi connectivity index (χ1v) is 13.4. The largest absolute Gasteiger partial charge is 0.365 e. The Hall–Kier alpha value is -2.05. The van der Waals surface area contributed by atoms with Crippen LogP contribution in [0, 0.1) is 22.2 Å². The van der Waals surface area contributed by atoms with Gasteiger partial charge in [-0.05, 0) is 72.8 Å². The molecule has 35 heavy (non-hydrogen) atoms. The fraction of sp³-hybridized carbons (Fsp3) is 0.593. The quantitative estimate of drug-likeness (QED) is 0.569. The molecule has 2 N–H and O–H groups in total. The van der Waals surface area contributed by atoms with Crippen LogP contribution in [0.25, 0.3) is 11.3 Å². The number of carbonyl (C=O) groups is 2. The number of nitrogens with zero attached hydrogens (tertiary/aromatic N) is 3. The van der Waals surface area contributed by atoms with Gasteiger partial charge in [0.25, 0.3) is 5.91 Å². The van der Waals surface area contributed by atoms with Gasteiger partial charge in [0.1, 0.15) is 5.69 Å². The van der Waals surface area contributed by atoms with Crippen LogP contribution in [0.3, 0.4) is 0 Å². The van der Waals surface area contributed by atoms with Crippen LogP contribution in [0.2, 0.25) is 10.0 Å². The van der Waals surface area contributed by atoms with Gasteiger partial charge in [-0.1, -0.05) is 43.1 Å². The average molecular weight is 515 g/mol. The van der Waals surface area contributed by atoms with Gasteiger partial charge in [0.05, 0.1) is 34.4 Å². The van der Waals surface area contributed by atoms with E-state index < -0.39 is 5.91 Å². The fourth-order valence-electron chi connectivity index (χ4n) is 8.95. The standard InChI is InChI=1S/C27H32Cl2N4O2/c1-25-8-16-9-26(2,13-25)15-27(10-16,14-25)11-21(34)32-5-6-33-20(12-32)22(24(30)35)23(31-33)17-3-4-18(28)19(29)7-17/h3-4,7,16H,5-6,8-15H2,1-2H3,(H2,30,35). The van der Waals surface area contributed by atoms with Gasteiger partial charge >= 0.3 is 0 Å². The van der Waals surface area contributed by atoms with Crippen molar-refractivity contribution in [2.24, 2.45) is 27.9 Å². The molecule has 0 spiro atoms. The molecule has 6 nitrogen and oxygen atoms in total. The third kappa shape index (κ3) is 3.88. The lowest BCUT2D eigenvalue weighted by molar-refractivity contribution is -0.161. The van der Waals surface area contributed by atoms with E-state index >= 15 is 0 Å². The summed E-state index contributed by atoms with van der Waals surface area (Å²) >= 11 is 12.3. The minimum absolute atomic E-state index is 0.120. The van der Waals surface area contributed by atoms with E-state index in [1.165, 1.54) is 25.7 Å². The lowest BCUT2D eigenvalue weighted by Gasteiger charge is -2.65. The number of primary amides is 1. The molecule has 1 aliphatic heterocycles. The van der Waals surface area contributed by atoms with Crippen LogP contribution < -0.4 is 5.73 Å². The number of rotatable bonds is 4. The minimum Gasteiger partial charge on any atom is -0.365 e. The Bertz CT molecular complexity index is 1240. The number of carbonyl (C=O) groups excluding carboxylic acids is 2. The number of hydrogen-bond donors (Lipinski definition) is 1. The van der Waals surface area contributed by atoms with Crippen molar-refractivity contribution in [1.82, 2.24) is 14.7 Å². The minimum atomic E-state index is -0.552. The Labute approximate surface area is 216 Å². The number of amides is 2. The second-order valence-electron chi connectivity index (χ2n) is 12.5. The first-order chi connectivity index (χ1) is 16.5. The average Bonchev–Trinajstić information content (AvgIpc) is 3.11. The molecule has 1 aromatic heterocycles. The lowest BCUT2D eigenvalue weighted by Crippen LogP contribution is -2.56. The van der Waals surface area contributed by atoms with Crippen molar-refractivity contribution in [1.29, 1.82) is 0 Å². The molecule has 2 amide bonds. The molecule has 186 valence electrons. The molecular weight excluding hydrogens is 483 g/mol. The highest BCUT2D eigenvalue weighted by atomic mass is 35.5. The summed E-state index contributed by atoms with van der Waals surface area (Å²) in [5.74, 6) is 0.397. The van der Waals surface area contributed by atoms with Gasteiger partial charge in [-0.25, -0.2) is 0 Å². The van der Waals surface area contributed by atoms with Crippen LogP contribution in [0.1, 0.15) is 74.8 Å². The molecule has 2 unspecified atom stereocenters. The molecule has 8 heteroatoms. The summed E-state index contributed by atoms with van der Waals surface area (Å²) in [6, 6.07) is 5.17. The topological polar surface area (TPSA) is 81.2 Å². The van der Waals surface area contributed by atoms with Gasteiger partial charge in [-0.3, -0.25) is 14.3 Å². The SMILES string of the molecule is CC12CC3CC(C)(C1)CC(CC(=O)N1CCn4nc(-c5ccc(Cl)c(Cl)c5)c(C(N)=O)c4C1)(C3)C2. The van der Waals surface area contributed by atoms with Crippen molar-refractivity contribution in [3.05, 3.63) is 39.5 Å². The molecule has 0 saturated heterocycles. The maximum atomic E-state index is 13.7. The fourth-order valence-corrected chi connectivity index (χ4v) is 9.25. The number of aromatic nitrogens is 2. The first kappa shape index (κ1) is 23.4. The Kier molecular flexibility index (Phi) is 5.15. The van der Waals surface area contributed by atoms with Crippen molar-refractivity contribution >= 4 is 35.0 Å². The molecule has 2 aromatic rings. The monoisotopic (exact) mass is 514 g/mol. The van der Waals surface area contributed by atoms with E-state index in [0.29, 0.717) is 69.4 Å². The van der Waals surface area contributed by atoms with E-state index in [1.54, 1.807) is 18.2 Å². The lowest BCUT2D eigenvalue weighted by atomic mass is 9.40. The Morgan fingerprint density at radius 2 is 1.77 bits per heavy atom. The second-order valence-corrected chi connectivity index (χ2v) is 13.3. The number of fused-ring (bicyclic) bond motifs is 1. The van der Waals surface area contributed by atoms with E-state index in [-0.39, 0.29) is 11.3 Å². The zero-order chi connectivity index (χ0) is 24.8. The molecule has 0 radical (unpaired) electrons. The molecule has 4 bridgehead atoms. The van der Waals surface area contributed by atoms with Crippen molar-refractivity contribution in [2.45, 2.75) is 71.9 Å². The third-order valence-electron chi connectivity index (χ3n) is 9.04. The van der Waals surface area contributed by atoms with Gasteiger partial charge in [0.2, 0.25) is 5.91 Å². The maximum absolute atomic E-state index is 13.7. The van der Waals surface area contributed by atoms with E-state index in [4.69, 9.17) is 28.9 Å². The second kappa shape index (κ2) is 7.72. The Balaban J connectivity index is 1.27. The summed E-state index contributed by atoms with van der Waals surface area (Å²) in [6.45, 7) is 6.35. The zero-order valence-corrected chi connectivity index (χ0v) is 21.9. The van der Waals surface area contributed by atoms with E-state index in [9.17, 15) is 9.59 Å². The van der Waals surface area contributed by atoms with Crippen LogP contribution in [0.5, 0.6) is 0 Å². The summed E-state index contributed by atoms with van der Waals surface area (Å²) in [6.07, 6.45) is 8.06.